The highest BCUT2D eigenvalue weighted by molar-refractivity contribution is 7.89. The van der Waals surface area contributed by atoms with E-state index in [0.29, 0.717) is 17.0 Å². The van der Waals surface area contributed by atoms with Gasteiger partial charge >= 0.3 is 0 Å². The van der Waals surface area contributed by atoms with Gasteiger partial charge in [0.2, 0.25) is 0 Å². The molecule has 0 bridgehead atoms. The molecular weight excluding hydrogens is 366 g/mol. The summed E-state index contributed by atoms with van der Waals surface area (Å²) in [7, 11) is -3.74. The first kappa shape index (κ1) is 18.4. The maximum atomic E-state index is 12.2. The summed E-state index contributed by atoms with van der Waals surface area (Å²) in [5, 5.41) is 6.67. The number of furan rings is 1. The molecule has 1 heterocycles. The molecule has 0 fully saturated rings. The van der Waals surface area contributed by atoms with E-state index in [1.165, 1.54) is 18.4 Å². The van der Waals surface area contributed by atoms with Gasteiger partial charge in [-0.1, -0.05) is 30.3 Å². The van der Waals surface area contributed by atoms with Gasteiger partial charge in [0.1, 0.15) is 0 Å². The molecule has 138 valence electrons. The molecule has 27 heavy (non-hydrogen) atoms. The summed E-state index contributed by atoms with van der Waals surface area (Å²) in [5.41, 5.74) is 1.64. The van der Waals surface area contributed by atoms with E-state index in [4.69, 9.17) is 4.42 Å². The van der Waals surface area contributed by atoms with Crippen LogP contribution in [-0.2, 0) is 10.0 Å². The molecule has 0 atom stereocenters. The van der Waals surface area contributed by atoms with Gasteiger partial charge in [-0.2, -0.15) is 18.4 Å². The largest absolute Gasteiger partial charge is 0.459 e. The van der Waals surface area contributed by atoms with Gasteiger partial charge in [0.25, 0.3) is 15.9 Å². The Balaban J connectivity index is 1.74. The predicted molar refractivity (Wildman–Crippen MR) is 102 cm³/mol. The molecule has 2 N–H and O–H groups in total. The molecule has 3 rings (SSSR count). The molecular formula is C19H17N3O4S. The van der Waals surface area contributed by atoms with Crippen LogP contribution >= 0.6 is 0 Å². The Morgan fingerprint density at radius 3 is 2.48 bits per heavy atom. The zero-order chi connectivity index (χ0) is 19.3. The van der Waals surface area contributed by atoms with E-state index in [-0.39, 0.29) is 16.6 Å². The highest BCUT2D eigenvalue weighted by atomic mass is 32.2. The number of anilines is 1. The molecule has 0 spiro atoms. The van der Waals surface area contributed by atoms with Crippen LogP contribution in [0.2, 0.25) is 0 Å². The molecule has 3 aromatic rings. The second kappa shape index (κ2) is 7.88. The minimum absolute atomic E-state index is 0.126. The van der Waals surface area contributed by atoms with E-state index >= 15 is 0 Å². The molecule has 0 radical (unpaired) electrons. The summed E-state index contributed by atoms with van der Waals surface area (Å²) in [4.78, 5) is 14.4. The molecule has 0 saturated carbocycles. The molecule has 7 nitrogen and oxygen atoms in total. The van der Waals surface area contributed by atoms with Gasteiger partial charge in [-0.25, -0.2) is 0 Å². The van der Waals surface area contributed by atoms with Gasteiger partial charge in [0.15, 0.2) is 5.76 Å². The molecule has 0 saturated heterocycles. The maximum absolute atomic E-state index is 12.2. The molecule has 8 heteroatoms. The molecule has 2 aromatic carbocycles. The lowest BCUT2D eigenvalue weighted by atomic mass is 10.1. The second-order valence-electron chi connectivity index (χ2n) is 5.62. The topological polar surface area (TPSA) is 101 Å². The monoisotopic (exact) mass is 383 g/mol. The van der Waals surface area contributed by atoms with E-state index in [2.05, 4.69) is 15.2 Å². The van der Waals surface area contributed by atoms with E-state index in [9.17, 15) is 13.2 Å². The minimum atomic E-state index is -3.74. The second-order valence-corrected chi connectivity index (χ2v) is 7.28. The van der Waals surface area contributed by atoms with Gasteiger partial charge < -0.3 is 9.73 Å². The summed E-state index contributed by atoms with van der Waals surface area (Å²) in [6.07, 6.45) is 1.42. The lowest BCUT2D eigenvalue weighted by Crippen LogP contribution is -2.20. The third kappa shape index (κ3) is 4.62. The van der Waals surface area contributed by atoms with Gasteiger partial charge in [0.05, 0.1) is 16.9 Å². The summed E-state index contributed by atoms with van der Waals surface area (Å²) < 4.78 is 29.5. The Labute approximate surface area is 156 Å². The Bertz CT molecular complexity index is 1060. The average molecular weight is 383 g/mol. The number of hydrogen-bond acceptors (Lipinski definition) is 5. The number of nitrogens with one attached hydrogen (secondary N) is 2. The van der Waals surface area contributed by atoms with Gasteiger partial charge in [-0.3, -0.25) is 4.79 Å². The quantitative estimate of drug-likeness (QED) is 0.504. The Morgan fingerprint density at radius 2 is 1.78 bits per heavy atom. The smallest absolute Gasteiger partial charge is 0.291 e. The average Bonchev–Trinajstić information content (AvgIpc) is 3.22. The van der Waals surface area contributed by atoms with Crippen molar-refractivity contribution in [2.24, 2.45) is 5.10 Å². The van der Waals surface area contributed by atoms with E-state index in [0.717, 1.165) is 0 Å². The van der Waals surface area contributed by atoms with Crippen LogP contribution in [0.1, 0.15) is 23.0 Å². The fraction of sp³-hybridized carbons (Fsp3) is 0.0526. The SMILES string of the molecule is C/C(=N\NS(=O)(=O)c1ccccc1)c1cccc(NC(=O)c2ccco2)c1. The Morgan fingerprint density at radius 1 is 1.00 bits per heavy atom. The van der Waals surface area contributed by atoms with Crippen molar-refractivity contribution in [2.75, 3.05) is 5.32 Å². The number of hydrogen-bond donors (Lipinski definition) is 2. The van der Waals surface area contributed by atoms with E-state index in [1.807, 2.05) is 0 Å². The van der Waals surface area contributed by atoms with Crippen molar-refractivity contribution in [3.63, 3.8) is 0 Å². The number of carbonyl (C=O) groups is 1. The van der Waals surface area contributed by atoms with Crippen LogP contribution in [0.15, 0.2) is 87.4 Å². The van der Waals surface area contributed by atoms with Crippen molar-refractivity contribution in [3.8, 4) is 0 Å². The van der Waals surface area contributed by atoms with Crippen LogP contribution in [0.25, 0.3) is 0 Å². The van der Waals surface area contributed by atoms with E-state index in [1.54, 1.807) is 61.5 Å². The maximum Gasteiger partial charge on any atom is 0.291 e. The van der Waals surface area contributed by atoms with Crippen molar-refractivity contribution in [1.82, 2.24) is 4.83 Å². The van der Waals surface area contributed by atoms with Crippen molar-refractivity contribution >= 4 is 27.3 Å². The molecule has 1 aromatic heterocycles. The van der Waals surface area contributed by atoms with Crippen LogP contribution in [0.5, 0.6) is 0 Å². The van der Waals surface area contributed by atoms with Crippen LogP contribution in [0.4, 0.5) is 5.69 Å². The normalized spacial score (nSPS) is 11.8. The van der Waals surface area contributed by atoms with Gasteiger partial charge in [0, 0.05) is 5.69 Å². The molecule has 0 aliphatic rings. The third-order valence-corrected chi connectivity index (χ3v) is 4.89. The number of hydrazone groups is 1. The molecule has 0 aliphatic carbocycles. The lowest BCUT2D eigenvalue weighted by Gasteiger charge is -2.08. The third-order valence-electron chi connectivity index (χ3n) is 3.67. The van der Waals surface area contributed by atoms with E-state index < -0.39 is 10.0 Å². The Hall–Kier alpha value is -3.39. The zero-order valence-corrected chi connectivity index (χ0v) is 15.2. The number of rotatable bonds is 6. The summed E-state index contributed by atoms with van der Waals surface area (Å²) in [6, 6.07) is 18.1. The molecule has 1 amide bonds. The standard InChI is InChI=1S/C19H17N3O4S/c1-14(21-22-27(24,25)17-9-3-2-4-10-17)15-7-5-8-16(13-15)20-19(23)18-11-6-12-26-18/h2-13,22H,1H3,(H,20,23)/b21-14+. The van der Waals surface area contributed by atoms with Crippen LogP contribution < -0.4 is 10.1 Å². The van der Waals surface area contributed by atoms with Gasteiger partial charge in [-0.05, 0) is 48.9 Å². The predicted octanol–water partition coefficient (Wildman–Crippen LogP) is 3.23. The first-order valence-electron chi connectivity index (χ1n) is 8.02. The van der Waals surface area contributed by atoms with Crippen LogP contribution in [0, 0.1) is 0 Å². The van der Waals surface area contributed by atoms with Crippen molar-refractivity contribution < 1.29 is 17.6 Å². The van der Waals surface area contributed by atoms with Crippen molar-refractivity contribution in [3.05, 3.63) is 84.3 Å². The Kier molecular flexibility index (Phi) is 5.37. The van der Waals surface area contributed by atoms with Gasteiger partial charge in [-0.15, -0.1) is 0 Å². The highest BCUT2D eigenvalue weighted by Gasteiger charge is 2.13. The number of sulfonamides is 1. The summed E-state index contributed by atoms with van der Waals surface area (Å²) in [5.74, 6) is -0.182. The zero-order valence-electron chi connectivity index (χ0n) is 14.4. The summed E-state index contributed by atoms with van der Waals surface area (Å²) in [6.45, 7) is 1.67. The molecule has 0 unspecified atom stereocenters. The fourth-order valence-corrected chi connectivity index (χ4v) is 3.15. The number of benzene rings is 2. The van der Waals surface area contributed by atoms with Crippen LogP contribution in [-0.4, -0.2) is 20.0 Å². The minimum Gasteiger partial charge on any atom is -0.459 e. The first-order valence-corrected chi connectivity index (χ1v) is 9.50. The first-order chi connectivity index (χ1) is 13.0. The summed E-state index contributed by atoms with van der Waals surface area (Å²) >= 11 is 0. The lowest BCUT2D eigenvalue weighted by molar-refractivity contribution is 0.0996. The van der Waals surface area contributed by atoms with Crippen molar-refractivity contribution in [1.29, 1.82) is 0 Å². The van der Waals surface area contributed by atoms with Crippen molar-refractivity contribution in [2.45, 2.75) is 11.8 Å². The number of carbonyl (C=O) groups excluding carboxylic acids is 1. The highest BCUT2D eigenvalue weighted by Crippen LogP contribution is 2.14. The molecule has 0 aliphatic heterocycles. The number of nitrogens with zero attached hydrogens (tertiary/aromatic N) is 1. The number of amides is 1. The van der Waals surface area contributed by atoms with Crippen LogP contribution in [0.3, 0.4) is 0 Å². The fourth-order valence-electron chi connectivity index (χ4n) is 2.27.